The monoisotopic (exact) mass is 464 g/mol. The average Bonchev–Trinajstić information content (AvgIpc) is 2.66. The van der Waals surface area contributed by atoms with Gasteiger partial charge < -0.3 is 5.32 Å². The number of benzene rings is 3. The van der Waals surface area contributed by atoms with Gasteiger partial charge in [0.1, 0.15) is 11.6 Å². The van der Waals surface area contributed by atoms with Crippen molar-refractivity contribution in [3.8, 4) is 0 Å². The Bertz CT molecular complexity index is 1080. The van der Waals surface area contributed by atoms with E-state index >= 15 is 0 Å². The van der Waals surface area contributed by atoms with Gasteiger partial charge in [0.05, 0.1) is 16.2 Å². The van der Waals surface area contributed by atoms with Crippen LogP contribution in [-0.4, -0.2) is 10.8 Å². The summed E-state index contributed by atoms with van der Waals surface area (Å²) in [4.78, 5) is 23.9. The van der Waals surface area contributed by atoms with E-state index in [0.29, 0.717) is 15.1 Å². The SMILES string of the molecule is O=C(Nc1ccc(F)cc1Br)c1cc([N+](=O)[O-])ccc1Sc1ccccc1F. The van der Waals surface area contributed by atoms with Crippen molar-refractivity contribution in [3.63, 3.8) is 0 Å². The van der Waals surface area contributed by atoms with Crippen LogP contribution in [0.25, 0.3) is 0 Å². The van der Waals surface area contributed by atoms with Crippen LogP contribution in [0.5, 0.6) is 0 Å². The maximum atomic E-state index is 14.0. The molecule has 0 saturated carbocycles. The minimum absolute atomic E-state index is 0.00122. The number of carbonyl (C=O) groups excluding carboxylic acids is 1. The number of nitrogens with zero attached hydrogens (tertiary/aromatic N) is 1. The molecule has 5 nitrogen and oxygen atoms in total. The highest BCUT2D eigenvalue weighted by atomic mass is 79.9. The molecule has 0 aliphatic carbocycles. The molecule has 3 aromatic carbocycles. The van der Waals surface area contributed by atoms with Gasteiger partial charge in [0, 0.05) is 26.4 Å². The van der Waals surface area contributed by atoms with Crippen molar-refractivity contribution in [1.29, 1.82) is 0 Å². The molecule has 28 heavy (non-hydrogen) atoms. The topological polar surface area (TPSA) is 72.2 Å². The molecule has 0 radical (unpaired) electrons. The first kappa shape index (κ1) is 20.0. The third-order valence-electron chi connectivity index (χ3n) is 3.65. The van der Waals surface area contributed by atoms with Crippen molar-refractivity contribution in [2.75, 3.05) is 5.32 Å². The number of nitro groups is 1. The Morgan fingerprint density at radius 2 is 1.79 bits per heavy atom. The van der Waals surface area contributed by atoms with Crippen LogP contribution in [0.3, 0.4) is 0 Å². The van der Waals surface area contributed by atoms with Crippen LogP contribution >= 0.6 is 27.7 Å². The van der Waals surface area contributed by atoms with E-state index in [-0.39, 0.29) is 16.1 Å². The minimum Gasteiger partial charge on any atom is -0.321 e. The highest BCUT2D eigenvalue weighted by Gasteiger charge is 2.19. The standard InChI is InChI=1S/C19H11BrF2N2O3S/c20-14-9-11(21)5-7-16(14)23-19(25)13-10-12(24(26)27)6-8-17(13)28-18-4-2-1-3-15(18)22/h1-10H,(H,23,25). The molecule has 0 unspecified atom stereocenters. The van der Waals surface area contributed by atoms with E-state index in [4.69, 9.17) is 0 Å². The molecule has 0 aromatic heterocycles. The van der Waals surface area contributed by atoms with Crippen molar-refractivity contribution < 1.29 is 18.5 Å². The predicted molar refractivity (Wildman–Crippen MR) is 106 cm³/mol. The number of halogens is 3. The lowest BCUT2D eigenvalue weighted by atomic mass is 10.2. The van der Waals surface area contributed by atoms with Gasteiger partial charge in [0.2, 0.25) is 0 Å². The highest BCUT2D eigenvalue weighted by Crippen LogP contribution is 2.34. The average molecular weight is 465 g/mol. The lowest BCUT2D eigenvalue weighted by Crippen LogP contribution is -2.14. The second kappa shape index (κ2) is 8.49. The summed E-state index contributed by atoms with van der Waals surface area (Å²) in [5, 5.41) is 13.7. The van der Waals surface area contributed by atoms with Crippen LogP contribution < -0.4 is 5.32 Å². The van der Waals surface area contributed by atoms with Crippen LogP contribution in [0.2, 0.25) is 0 Å². The van der Waals surface area contributed by atoms with E-state index < -0.39 is 22.5 Å². The fraction of sp³-hybridized carbons (Fsp3) is 0. The first-order valence-corrected chi connectivity index (χ1v) is 9.43. The zero-order chi connectivity index (χ0) is 20.3. The third-order valence-corrected chi connectivity index (χ3v) is 5.44. The largest absolute Gasteiger partial charge is 0.321 e. The maximum Gasteiger partial charge on any atom is 0.270 e. The minimum atomic E-state index is -0.644. The van der Waals surface area contributed by atoms with Gasteiger partial charge in [-0.2, -0.15) is 0 Å². The molecule has 9 heteroatoms. The quantitative estimate of drug-likeness (QED) is 0.369. The number of anilines is 1. The Morgan fingerprint density at radius 3 is 2.46 bits per heavy atom. The van der Waals surface area contributed by atoms with Gasteiger partial charge in [-0.15, -0.1) is 0 Å². The maximum absolute atomic E-state index is 14.0. The lowest BCUT2D eigenvalue weighted by molar-refractivity contribution is -0.384. The summed E-state index contributed by atoms with van der Waals surface area (Å²) in [7, 11) is 0. The second-order valence-corrected chi connectivity index (χ2v) is 7.49. The van der Waals surface area contributed by atoms with Crippen LogP contribution in [0.15, 0.2) is 74.9 Å². The highest BCUT2D eigenvalue weighted by molar-refractivity contribution is 9.10. The van der Waals surface area contributed by atoms with Crippen LogP contribution in [-0.2, 0) is 0 Å². The molecule has 1 amide bonds. The van der Waals surface area contributed by atoms with Crippen molar-refractivity contribution in [1.82, 2.24) is 0 Å². The lowest BCUT2D eigenvalue weighted by Gasteiger charge is -2.11. The molecular formula is C19H11BrF2N2O3S. The molecule has 3 rings (SSSR count). The number of nitro benzene ring substituents is 1. The number of hydrogen-bond acceptors (Lipinski definition) is 4. The van der Waals surface area contributed by atoms with Crippen molar-refractivity contribution in [2.45, 2.75) is 9.79 Å². The predicted octanol–water partition coefficient (Wildman–Crippen LogP) is 6.04. The Labute approximate surface area is 171 Å². The summed E-state index contributed by atoms with van der Waals surface area (Å²) < 4.78 is 27.5. The van der Waals surface area contributed by atoms with Crippen LogP contribution in [0.4, 0.5) is 20.2 Å². The second-order valence-electron chi connectivity index (χ2n) is 5.55. The van der Waals surface area contributed by atoms with E-state index in [2.05, 4.69) is 21.2 Å². The van der Waals surface area contributed by atoms with Crippen molar-refractivity contribution >= 4 is 45.0 Å². The first-order chi connectivity index (χ1) is 13.3. The van der Waals surface area contributed by atoms with Gasteiger partial charge in [0.25, 0.3) is 11.6 Å². The zero-order valence-electron chi connectivity index (χ0n) is 14.0. The smallest absolute Gasteiger partial charge is 0.270 e. The molecule has 142 valence electrons. The molecule has 0 bridgehead atoms. The summed E-state index contributed by atoms with van der Waals surface area (Å²) in [5.41, 5.74) is 0.0135. The normalized spacial score (nSPS) is 10.5. The van der Waals surface area contributed by atoms with Gasteiger partial charge >= 0.3 is 0 Å². The zero-order valence-corrected chi connectivity index (χ0v) is 16.4. The molecule has 0 fully saturated rings. The molecule has 0 aliphatic heterocycles. The molecule has 1 N–H and O–H groups in total. The number of non-ortho nitro benzene ring substituents is 1. The summed E-state index contributed by atoms with van der Waals surface area (Å²) in [6.45, 7) is 0. The molecule has 0 atom stereocenters. The molecule has 3 aromatic rings. The van der Waals surface area contributed by atoms with Gasteiger partial charge in [-0.1, -0.05) is 23.9 Å². The van der Waals surface area contributed by atoms with Crippen molar-refractivity contribution in [2.24, 2.45) is 0 Å². The summed E-state index contributed by atoms with van der Waals surface area (Å²) in [5.74, 6) is -1.61. The fourth-order valence-corrected chi connectivity index (χ4v) is 3.72. The van der Waals surface area contributed by atoms with Gasteiger partial charge in [0.15, 0.2) is 0 Å². The molecule has 0 spiro atoms. The van der Waals surface area contributed by atoms with E-state index in [1.54, 1.807) is 12.1 Å². The number of rotatable bonds is 5. The summed E-state index contributed by atoms with van der Waals surface area (Å²) in [6, 6.07) is 13.5. The van der Waals surface area contributed by atoms with Crippen LogP contribution in [0.1, 0.15) is 10.4 Å². The number of amides is 1. The molecule has 0 aliphatic rings. The molecular weight excluding hydrogens is 454 g/mol. The van der Waals surface area contributed by atoms with Gasteiger partial charge in [-0.05, 0) is 52.3 Å². The van der Waals surface area contributed by atoms with E-state index in [1.807, 2.05) is 0 Å². The van der Waals surface area contributed by atoms with Gasteiger partial charge in [-0.3, -0.25) is 14.9 Å². The third kappa shape index (κ3) is 4.55. The fourth-order valence-electron chi connectivity index (χ4n) is 2.32. The molecule has 0 heterocycles. The van der Waals surface area contributed by atoms with Crippen molar-refractivity contribution in [3.05, 3.63) is 92.4 Å². The van der Waals surface area contributed by atoms with E-state index in [0.717, 1.165) is 17.8 Å². The van der Waals surface area contributed by atoms with E-state index in [9.17, 15) is 23.7 Å². The van der Waals surface area contributed by atoms with Gasteiger partial charge in [-0.25, -0.2) is 8.78 Å². The summed E-state index contributed by atoms with van der Waals surface area (Å²) >= 11 is 4.13. The number of hydrogen-bond donors (Lipinski definition) is 1. The Kier molecular flexibility index (Phi) is 6.05. The molecule has 0 saturated heterocycles. The Balaban J connectivity index is 1.98. The van der Waals surface area contributed by atoms with Crippen LogP contribution in [0, 0.1) is 21.7 Å². The number of carbonyl (C=O) groups is 1. The first-order valence-electron chi connectivity index (χ1n) is 7.82. The summed E-state index contributed by atoms with van der Waals surface area (Å²) in [6.07, 6.45) is 0. The Morgan fingerprint density at radius 1 is 1.04 bits per heavy atom. The van der Waals surface area contributed by atoms with E-state index in [1.165, 1.54) is 42.5 Å². The Hall–Kier alpha value is -2.78. The number of nitrogens with one attached hydrogen (secondary N) is 1.